The fourth-order valence-electron chi connectivity index (χ4n) is 2.51. The molecule has 1 nitrogen and oxygen atoms in total. The molecule has 0 heterocycles. The smallest absolute Gasteiger partial charge is 0.113 e. The topological polar surface area (TPSA) is 3.24 Å². The first kappa shape index (κ1) is 12.8. The Labute approximate surface area is 121 Å². The van der Waals surface area contributed by atoms with E-state index >= 15 is 0 Å². The number of nitrogens with zero attached hydrogens (tertiary/aromatic N) is 1. The molecule has 0 saturated carbocycles. The first-order chi connectivity index (χ1) is 9.84. The quantitative estimate of drug-likeness (QED) is 0.760. The van der Waals surface area contributed by atoms with Crippen molar-refractivity contribution in [3.63, 3.8) is 0 Å². The van der Waals surface area contributed by atoms with E-state index in [1.165, 1.54) is 5.69 Å². The second-order valence-electron chi connectivity index (χ2n) is 4.91. The second-order valence-corrected chi connectivity index (χ2v) is 4.91. The molecular weight excluding hydrogens is 241 g/mol. The lowest BCUT2D eigenvalue weighted by Gasteiger charge is -2.32. The van der Waals surface area contributed by atoms with E-state index in [2.05, 4.69) is 65.6 Å². The predicted molar refractivity (Wildman–Crippen MR) is 87.1 cm³/mol. The maximum atomic E-state index is 5.80. The van der Waals surface area contributed by atoms with Crippen molar-refractivity contribution >= 4 is 24.7 Å². The van der Waals surface area contributed by atoms with Gasteiger partial charge in [-0.1, -0.05) is 60.1 Å². The van der Waals surface area contributed by atoms with Gasteiger partial charge in [0.05, 0.1) is 6.04 Å². The van der Waals surface area contributed by atoms with Gasteiger partial charge in [-0.2, -0.15) is 0 Å². The summed E-state index contributed by atoms with van der Waals surface area (Å²) >= 11 is 0. The first-order valence-corrected chi connectivity index (χ1v) is 6.88. The largest absolute Gasteiger partial charge is 0.334 e. The molecule has 0 amide bonds. The van der Waals surface area contributed by atoms with Gasteiger partial charge in [0.2, 0.25) is 0 Å². The van der Waals surface area contributed by atoms with Crippen molar-refractivity contribution in [1.29, 1.82) is 0 Å². The molecule has 3 rings (SSSR count). The van der Waals surface area contributed by atoms with Gasteiger partial charge in [-0.15, -0.1) is 0 Å². The number of hydrogen-bond donors (Lipinski definition) is 0. The van der Waals surface area contributed by atoms with E-state index in [4.69, 9.17) is 7.85 Å². The highest BCUT2D eigenvalue weighted by atomic mass is 15.2. The minimum absolute atomic E-state index is 0.339. The number of allylic oxidation sites excluding steroid dienone is 2. The molecule has 1 unspecified atom stereocenters. The summed E-state index contributed by atoms with van der Waals surface area (Å²) in [5, 5.41) is 0. The van der Waals surface area contributed by atoms with Gasteiger partial charge in [0.15, 0.2) is 0 Å². The lowest BCUT2D eigenvalue weighted by molar-refractivity contribution is 0.785. The van der Waals surface area contributed by atoms with Gasteiger partial charge in [-0.05, 0) is 30.7 Å². The summed E-state index contributed by atoms with van der Waals surface area (Å²) in [6.07, 6.45) is 9.67. The molecule has 0 N–H and O–H groups in total. The van der Waals surface area contributed by atoms with E-state index < -0.39 is 0 Å². The Kier molecular flexibility index (Phi) is 3.73. The van der Waals surface area contributed by atoms with Crippen LogP contribution in [0.15, 0.2) is 78.9 Å². The van der Waals surface area contributed by atoms with Crippen LogP contribution in [0.4, 0.5) is 11.4 Å². The Morgan fingerprint density at radius 3 is 2.20 bits per heavy atom. The molecule has 1 aliphatic carbocycles. The summed E-state index contributed by atoms with van der Waals surface area (Å²) in [6, 6.07) is 18.9. The summed E-state index contributed by atoms with van der Waals surface area (Å²) < 4.78 is 0. The zero-order chi connectivity index (χ0) is 13.8. The van der Waals surface area contributed by atoms with Crippen molar-refractivity contribution in [3.05, 3.63) is 78.9 Å². The Morgan fingerprint density at radius 1 is 0.850 bits per heavy atom. The van der Waals surface area contributed by atoms with Crippen LogP contribution in [0.2, 0.25) is 0 Å². The van der Waals surface area contributed by atoms with Crippen LogP contribution in [0.3, 0.4) is 0 Å². The average molecular weight is 257 g/mol. The Morgan fingerprint density at radius 2 is 1.55 bits per heavy atom. The molecule has 1 atom stereocenters. The number of para-hydroxylation sites is 1. The van der Waals surface area contributed by atoms with Gasteiger partial charge in [0.25, 0.3) is 0 Å². The average Bonchev–Trinajstić information content (AvgIpc) is 2.52. The molecular formula is C18H16BN. The van der Waals surface area contributed by atoms with Gasteiger partial charge in [-0.3, -0.25) is 0 Å². The minimum Gasteiger partial charge on any atom is -0.334 e. The van der Waals surface area contributed by atoms with Crippen LogP contribution in [-0.2, 0) is 0 Å². The van der Waals surface area contributed by atoms with Crippen molar-refractivity contribution in [2.75, 3.05) is 4.90 Å². The molecule has 0 aliphatic heterocycles. The zero-order valence-corrected chi connectivity index (χ0v) is 11.3. The highest BCUT2D eigenvalue weighted by molar-refractivity contribution is 6.32. The van der Waals surface area contributed by atoms with Crippen molar-refractivity contribution < 1.29 is 0 Å². The predicted octanol–water partition coefficient (Wildman–Crippen LogP) is 3.50. The SMILES string of the molecule is [B]c1ccc(N(c2ccccc2)C2C=CC=CC2)cc1. The summed E-state index contributed by atoms with van der Waals surface area (Å²) in [4.78, 5) is 2.35. The van der Waals surface area contributed by atoms with E-state index in [9.17, 15) is 0 Å². The fraction of sp³-hybridized carbons (Fsp3) is 0.111. The van der Waals surface area contributed by atoms with Crippen molar-refractivity contribution in [1.82, 2.24) is 0 Å². The number of hydrogen-bond acceptors (Lipinski definition) is 1. The molecule has 2 aromatic carbocycles. The van der Waals surface area contributed by atoms with E-state index in [0.29, 0.717) is 6.04 Å². The van der Waals surface area contributed by atoms with Crippen LogP contribution in [-0.4, -0.2) is 13.9 Å². The molecule has 0 aromatic heterocycles. The van der Waals surface area contributed by atoms with Crippen molar-refractivity contribution in [2.24, 2.45) is 0 Å². The lowest BCUT2D eigenvalue weighted by Crippen LogP contribution is -2.29. The van der Waals surface area contributed by atoms with Gasteiger partial charge in [-0.25, -0.2) is 0 Å². The molecule has 0 bridgehead atoms. The summed E-state index contributed by atoms with van der Waals surface area (Å²) in [6.45, 7) is 0. The molecule has 2 heteroatoms. The normalized spacial score (nSPS) is 17.1. The molecule has 1 aliphatic rings. The van der Waals surface area contributed by atoms with Crippen LogP contribution in [0.5, 0.6) is 0 Å². The van der Waals surface area contributed by atoms with Gasteiger partial charge < -0.3 is 4.90 Å². The van der Waals surface area contributed by atoms with Crippen molar-refractivity contribution in [3.8, 4) is 0 Å². The molecule has 0 fully saturated rings. The third kappa shape index (κ3) is 2.69. The van der Waals surface area contributed by atoms with Crippen molar-refractivity contribution in [2.45, 2.75) is 12.5 Å². The molecule has 2 aromatic rings. The highest BCUT2D eigenvalue weighted by Crippen LogP contribution is 2.30. The summed E-state index contributed by atoms with van der Waals surface area (Å²) in [5.74, 6) is 0. The molecule has 2 radical (unpaired) electrons. The minimum atomic E-state index is 0.339. The third-order valence-electron chi connectivity index (χ3n) is 3.50. The second kappa shape index (κ2) is 5.83. The Balaban J connectivity index is 2.01. The summed E-state index contributed by atoms with van der Waals surface area (Å²) in [5.41, 5.74) is 3.15. The molecule has 96 valence electrons. The number of benzene rings is 2. The van der Waals surface area contributed by atoms with Crippen LogP contribution in [0.25, 0.3) is 0 Å². The standard InChI is InChI=1S/C18H16BN/c19-15-11-13-18(14-12-15)20(16-7-3-1-4-8-16)17-9-5-2-6-10-17/h1-9,11-14,17H,10H2. The molecule has 0 spiro atoms. The van der Waals surface area contributed by atoms with Gasteiger partial charge >= 0.3 is 0 Å². The van der Waals surface area contributed by atoms with E-state index in [1.54, 1.807) is 0 Å². The van der Waals surface area contributed by atoms with Gasteiger partial charge in [0.1, 0.15) is 7.85 Å². The van der Waals surface area contributed by atoms with E-state index in [-0.39, 0.29) is 0 Å². The van der Waals surface area contributed by atoms with Crippen LogP contribution >= 0.6 is 0 Å². The van der Waals surface area contributed by atoms with Crippen LogP contribution < -0.4 is 10.4 Å². The summed E-state index contributed by atoms with van der Waals surface area (Å²) in [7, 11) is 5.80. The maximum absolute atomic E-state index is 5.80. The molecule has 0 saturated heterocycles. The Bertz CT molecular complexity index is 614. The fourth-order valence-corrected chi connectivity index (χ4v) is 2.51. The van der Waals surface area contributed by atoms with Gasteiger partial charge in [0, 0.05) is 11.4 Å². The van der Waals surface area contributed by atoms with E-state index in [0.717, 1.165) is 17.6 Å². The van der Waals surface area contributed by atoms with Crippen LogP contribution in [0.1, 0.15) is 6.42 Å². The lowest BCUT2D eigenvalue weighted by atomic mass is 9.95. The number of rotatable bonds is 3. The van der Waals surface area contributed by atoms with E-state index in [1.807, 2.05) is 18.2 Å². The maximum Gasteiger partial charge on any atom is 0.113 e. The van der Waals surface area contributed by atoms with Crippen LogP contribution in [0, 0.1) is 0 Å². The Hall–Kier alpha value is -2.22. The highest BCUT2D eigenvalue weighted by Gasteiger charge is 2.18. The number of anilines is 2. The zero-order valence-electron chi connectivity index (χ0n) is 11.3. The third-order valence-corrected chi connectivity index (χ3v) is 3.50. The molecule has 20 heavy (non-hydrogen) atoms. The monoisotopic (exact) mass is 257 g/mol. The first-order valence-electron chi connectivity index (χ1n) is 6.88.